The van der Waals surface area contributed by atoms with Crippen LogP contribution in [0.3, 0.4) is 0 Å². The first-order chi connectivity index (χ1) is 14.4. The predicted octanol–water partition coefficient (Wildman–Crippen LogP) is 1.90. The molecule has 0 radical (unpaired) electrons. The van der Waals surface area contributed by atoms with E-state index in [1.807, 2.05) is 36.4 Å². The van der Waals surface area contributed by atoms with Crippen molar-refractivity contribution in [1.82, 2.24) is 24.6 Å². The number of aromatic nitrogens is 5. The lowest BCUT2D eigenvalue weighted by atomic mass is 9.45. The molecule has 0 saturated heterocycles. The van der Waals surface area contributed by atoms with Gasteiger partial charge in [0.05, 0.1) is 16.4 Å². The zero-order chi connectivity index (χ0) is 21.3. The van der Waals surface area contributed by atoms with Gasteiger partial charge in [0.1, 0.15) is 0 Å². The van der Waals surface area contributed by atoms with E-state index in [0.717, 1.165) is 22.0 Å². The first-order valence-electron chi connectivity index (χ1n) is 8.87. The van der Waals surface area contributed by atoms with Crippen LogP contribution in [0.5, 0.6) is 0 Å². The van der Waals surface area contributed by atoms with Gasteiger partial charge in [-0.1, -0.05) is 30.3 Å². The first-order valence-corrected chi connectivity index (χ1v) is 11.6. The Labute approximate surface area is 181 Å². The minimum atomic E-state index is -3.48. The molecule has 0 spiro atoms. The molecule has 1 aromatic carbocycles. The summed E-state index contributed by atoms with van der Waals surface area (Å²) in [4.78, 5) is 12.5. The van der Waals surface area contributed by atoms with Gasteiger partial charge in [0.2, 0.25) is 15.0 Å². The largest absolute Gasteiger partial charge is 0.326 e. The molecule has 0 amide bonds. The van der Waals surface area contributed by atoms with Crippen LogP contribution in [-0.2, 0) is 16.2 Å². The molecule has 0 saturated carbocycles. The Balaban J connectivity index is 1.77. The van der Waals surface area contributed by atoms with E-state index in [0.29, 0.717) is 23.1 Å². The molecular formula is C19H14BBrN6O2S. The summed E-state index contributed by atoms with van der Waals surface area (Å²) in [5.41, 5.74) is 3.57. The van der Waals surface area contributed by atoms with E-state index in [4.69, 9.17) is 0 Å². The molecule has 30 heavy (non-hydrogen) atoms. The maximum Gasteiger partial charge on any atom is 0.326 e. The van der Waals surface area contributed by atoms with Gasteiger partial charge in [-0.3, -0.25) is 0 Å². The molecule has 3 aromatic heterocycles. The third-order valence-electron chi connectivity index (χ3n) is 4.49. The number of rotatable bonds is 5. The van der Waals surface area contributed by atoms with Gasteiger partial charge >= 0.3 is 6.71 Å². The van der Waals surface area contributed by atoms with Crippen molar-refractivity contribution in [2.24, 2.45) is 0 Å². The molecule has 0 aliphatic carbocycles. The van der Waals surface area contributed by atoms with E-state index < -0.39 is 16.6 Å². The molecule has 0 unspecified atom stereocenters. The number of nitriles is 1. The summed E-state index contributed by atoms with van der Waals surface area (Å²) >= 11 is 3.47. The van der Waals surface area contributed by atoms with Gasteiger partial charge in [-0.15, -0.1) is 0 Å². The van der Waals surface area contributed by atoms with Crippen molar-refractivity contribution in [3.8, 4) is 17.2 Å². The van der Waals surface area contributed by atoms with E-state index in [1.54, 1.807) is 10.7 Å². The Morgan fingerprint density at radius 2 is 1.87 bits per heavy atom. The van der Waals surface area contributed by atoms with Gasteiger partial charge in [0.25, 0.3) is 0 Å². The number of fused-ring (bicyclic) bond motifs is 1. The molecule has 148 valence electrons. The summed E-state index contributed by atoms with van der Waals surface area (Å²) in [6, 6.07) is 11.5. The lowest BCUT2D eigenvalue weighted by Crippen LogP contribution is -2.38. The summed E-state index contributed by atoms with van der Waals surface area (Å²) in [6.07, 6.45) is 5.85. The number of halogens is 1. The lowest BCUT2D eigenvalue weighted by molar-refractivity contribution is 0.592. The van der Waals surface area contributed by atoms with Gasteiger partial charge in [0, 0.05) is 35.8 Å². The molecule has 4 aromatic rings. The van der Waals surface area contributed by atoms with Crippen LogP contribution in [0.15, 0.2) is 64.6 Å². The topological polar surface area (TPSA) is 114 Å². The zero-order valence-corrected chi connectivity index (χ0v) is 18.2. The summed E-state index contributed by atoms with van der Waals surface area (Å²) < 4.78 is 25.5. The molecule has 0 aliphatic heterocycles. The van der Waals surface area contributed by atoms with Crippen molar-refractivity contribution in [2.75, 3.05) is 6.26 Å². The molecule has 0 N–H and O–H groups in total. The van der Waals surface area contributed by atoms with Gasteiger partial charge < -0.3 is 0 Å². The highest BCUT2D eigenvalue weighted by atomic mass is 79.9. The Morgan fingerprint density at radius 3 is 2.50 bits per heavy atom. The maximum atomic E-state index is 11.6. The second-order valence-electron chi connectivity index (χ2n) is 6.69. The molecule has 0 aliphatic rings. The molecule has 8 nitrogen and oxygen atoms in total. The van der Waals surface area contributed by atoms with Crippen LogP contribution in [0, 0.1) is 11.2 Å². The van der Waals surface area contributed by atoms with Crippen LogP contribution < -0.4 is 5.59 Å². The van der Waals surface area contributed by atoms with Crippen LogP contribution in [0.4, 0.5) is 0 Å². The van der Waals surface area contributed by atoms with Crippen LogP contribution in [0.1, 0.15) is 5.56 Å². The molecule has 3 heterocycles. The second kappa shape index (κ2) is 7.97. The smallest absolute Gasteiger partial charge is 0.227 e. The molecule has 0 fully saturated rings. The third kappa shape index (κ3) is 3.97. The van der Waals surface area contributed by atoms with Crippen molar-refractivity contribution in [1.29, 1.82) is 5.26 Å². The Hall–Kier alpha value is -3.10. The average molecular weight is 481 g/mol. The summed E-state index contributed by atoms with van der Waals surface area (Å²) in [5, 5.41) is 14.0. The maximum absolute atomic E-state index is 11.6. The molecule has 0 atom stereocenters. The SMILES string of the molecule is CS(=O)(=O)c1ncc(CB(C#N)c2cc(-c3ccccc3)nc3c(Br)cnn23)cn1. The fourth-order valence-electron chi connectivity index (χ4n) is 3.06. The quantitative estimate of drug-likeness (QED) is 0.316. The molecular weight excluding hydrogens is 467 g/mol. The van der Waals surface area contributed by atoms with Gasteiger partial charge in [-0.2, -0.15) is 5.10 Å². The normalized spacial score (nSPS) is 11.4. The van der Waals surface area contributed by atoms with Gasteiger partial charge in [0.15, 0.2) is 5.65 Å². The van der Waals surface area contributed by atoms with Crippen molar-refractivity contribution >= 4 is 43.7 Å². The first kappa shape index (κ1) is 20.2. The lowest BCUT2D eigenvalue weighted by Gasteiger charge is -2.11. The minimum Gasteiger partial charge on any atom is -0.227 e. The Morgan fingerprint density at radius 1 is 1.17 bits per heavy atom. The molecule has 0 bridgehead atoms. The second-order valence-corrected chi connectivity index (χ2v) is 9.46. The van der Waals surface area contributed by atoms with E-state index >= 15 is 0 Å². The molecule has 11 heteroatoms. The number of hydrogen-bond donors (Lipinski definition) is 0. The zero-order valence-electron chi connectivity index (χ0n) is 15.8. The van der Waals surface area contributed by atoms with Crippen LogP contribution in [0.25, 0.3) is 16.9 Å². The number of benzene rings is 1. The highest BCUT2D eigenvalue weighted by Crippen LogP contribution is 2.21. The highest BCUT2D eigenvalue weighted by molar-refractivity contribution is 9.10. The number of nitrogens with zero attached hydrogens (tertiary/aromatic N) is 6. The van der Waals surface area contributed by atoms with E-state index in [-0.39, 0.29) is 5.16 Å². The van der Waals surface area contributed by atoms with E-state index in [9.17, 15) is 13.7 Å². The van der Waals surface area contributed by atoms with Crippen molar-refractivity contribution in [2.45, 2.75) is 11.5 Å². The highest BCUT2D eigenvalue weighted by Gasteiger charge is 2.24. The monoisotopic (exact) mass is 480 g/mol. The Bertz CT molecular complexity index is 1370. The van der Waals surface area contributed by atoms with E-state index in [2.05, 4.69) is 41.9 Å². The number of hydrogen-bond acceptors (Lipinski definition) is 7. The predicted molar refractivity (Wildman–Crippen MR) is 116 cm³/mol. The van der Waals surface area contributed by atoms with Crippen molar-refractivity contribution in [3.63, 3.8) is 0 Å². The summed E-state index contributed by atoms with van der Waals surface area (Å²) in [7, 11) is -3.48. The van der Waals surface area contributed by atoms with Crippen LogP contribution >= 0.6 is 15.9 Å². The van der Waals surface area contributed by atoms with Crippen molar-refractivity contribution < 1.29 is 8.42 Å². The van der Waals surface area contributed by atoms with E-state index in [1.165, 1.54) is 12.4 Å². The van der Waals surface area contributed by atoms with Crippen LogP contribution in [-0.4, -0.2) is 46.0 Å². The summed E-state index contributed by atoms with van der Waals surface area (Å²) in [6.45, 7) is -0.572. The van der Waals surface area contributed by atoms with Gasteiger partial charge in [-0.05, 0) is 33.9 Å². The van der Waals surface area contributed by atoms with Crippen molar-refractivity contribution in [3.05, 3.63) is 65.0 Å². The average Bonchev–Trinajstić information content (AvgIpc) is 3.12. The summed E-state index contributed by atoms with van der Waals surface area (Å²) in [5.74, 6) is 2.31. The van der Waals surface area contributed by atoms with Crippen LogP contribution in [0.2, 0.25) is 0 Å². The van der Waals surface area contributed by atoms with Gasteiger partial charge in [-0.25, -0.2) is 33.1 Å². The fraction of sp³-hybridized carbons (Fsp3) is 0.105. The number of sulfone groups is 1. The standard InChI is InChI=1S/C19H14BBrN6O2S/c1-30(28,29)19-23-9-13(10-24-19)8-20(12-22)17-7-16(14-5-3-2-4-6-14)26-18-15(21)11-25-27(17)18/h2-7,9-11H,8H2,1H3. The fourth-order valence-corrected chi connectivity index (χ4v) is 3.89. The molecule has 4 rings (SSSR count). The minimum absolute atomic E-state index is 0.242. The Kier molecular flexibility index (Phi) is 5.36. The third-order valence-corrected chi connectivity index (χ3v) is 5.93.